The summed E-state index contributed by atoms with van der Waals surface area (Å²) in [4.78, 5) is 10.2. The Balaban J connectivity index is 1.33. The smallest absolute Gasteiger partial charge is 0.160 e. The molecule has 0 saturated carbocycles. The zero-order valence-corrected chi connectivity index (χ0v) is 20.8. The van der Waals surface area contributed by atoms with Gasteiger partial charge in [0.1, 0.15) is 0 Å². The van der Waals surface area contributed by atoms with Crippen LogP contribution in [-0.4, -0.2) is 9.97 Å². The molecule has 3 heteroatoms. The van der Waals surface area contributed by atoms with Gasteiger partial charge in [-0.25, -0.2) is 9.97 Å². The van der Waals surface area contributed by atoms with Crippen LogP contribution in [0.15, 0.2) is 133 Å². The first-order valence-corrected chi connectivity index (χ1v) is 13.2. The maximum absolute atomic E-state index is 5.09. The first-order chi connectivity index (χ1) is 18.3. The normalized spacial score (nSPS) is 11.2. The molecule has 2 aromatic heterocycles. The van der Waals surface area contributed by atoms with Gasteiger partial charge in [0.05, 0.1) is 15.9 Å². The van der Waals surface area contributed by atoms with Crippen molar-refractivity contribution in [3.8, 4) is 44.9 Å². The molecule has 0 radical (unpaired) electrons. The zero-order chi connectivity index (χ0) is 24.6. The molecule has 0 aliphatic carbocycles. The molecule has 0 saturated heterocycles. The topological polar surface area (TPSA) is 25.8 Å². The minimum absolute atomic E-state index is 0.750. The molecule has 2 heterocycles. The van der Waals surface area contributed by atoms with Crippen LogP contribution in [0, 0.1) is 0 Å². The van der Waals surface area contributed by atoms with Crippen molar-refractivity contribution in [1.82, 2.24) is 9.97 Å². The van der Waals surface area contributed by atoms with E-state index in [-0.39, 0.29) is 0 Å². The standard InChI is InChI=1S/C34H22N2S/c1-3-10-23(11-4-1)27-14-9-15-28(22-27)24-18-20-26(21-19-24)34-35-31(25-12-5-2-6-13-25)33-32(36-34)29-16-7-8-17-30(29)37-33/h1-22H. The third kappa shape index (κ3) is 4.00. The Morgan fingerprint density at radius 1 is 0.432 bits per heavy atom. The number of hydrogen-bond donors (Lipinski definition) is 0. The largest absolute Gasteiger partial charge is 0.226 e. The molecule has 0 aliphatic rings. The van der Waals surface area contributed by atoms with E-state index in [9.17, 15) is 0 Å². The van der Waals surface area contributed by atoms with Gasteiger partial charge >= 0.3 is 0 Å². The summed E-state index contributed by atoms with van der Waals surface area (Å²) in [6.45, 7) is 0. The summed E-state index contributed by atoms with van der Waals surface area (Å²) in [7, 11) is 0. The van der Waals surface area contributed by atoms with Crippen molar-refractivity contribution in [3.63, 3.8) is 0 Å². The highest BCUT2D eigenvalue weighted by atomic mass is 32.1. The van der Waals surface area contributed by atoms with E-state index in [0.717, 1.165) is 32.9 Å². The summed E-state index contributed by atoms with van der Waals surface area (Å²) >= 11 is 1.76. The lowest BCUT2D eigenvalue weighted by molar-refractivity contribution is 1.24. The van der Waals surface area contributed by atoms with Crippen molar-refractivity contribution in [1.29, 1.82) is 0 Å². The van der Waals surface area contributed by atoms with Crippen LogP contribution in [0.3, 0.4) is 0 Å². The van der Waals surface area contributed by atoms with Crippen LogP contribution in [0.5, 0.6) is 0 Å². The lowest BCUT2D eigenvalue weighted by atomic mass is 9.98. The van der Waals surface area contributed by atoms with Gasteiger partial charge in [-0.3, -0.25) is 0 Å². The van der Waals surface area contributed by atoms with Crippen LogP contribution >= 0.6 is 11.3 Å². The maximum atomic E-state index is 5.09. The SMILES string of the molecule is c1ccc(-c2cccc(-c3ccc(-c4nc(-c5ccccc5)c5sc6ccccc6c5n4)cc3)c2)cc1. The van der Waals surface area contributed by atoms with Crippen LogP contribution in [-0.2, 0) is 0 Å². The van der Waals surface area contributed by atoms with Gasteiger partial charge in [-0.15, -0.1) is 11.3 Å². The van der Waals surface area contributed by atoms with E-state index in [1.807, 2.05) is 12.1 Å². The van der Waals surface area contributed by atoms with Gasteiger partial charge in [0, 0.05) is 21.2 Å². The Kier molecular flexibility index (Phi) is 5.34. The van der Waals surface area contributed by atoms with Crippen molar-refractivity contribution in [3.05, 3.63) is 133 Å². The maximum Gasteiger partial charge on any atom is 0.160 e. The van der Waals surface area contributed by atoms with Crippen LogP contribution < -0.4 is 0 Å². The Morgan fingerprint density at radius 2 is 1.00 bits per heavy atom. The summed E-state index contributed by atoms with van der Waals surface area (Å²) in [5.41, 5.74) is 8.93. The number of aromatic nitrogens is 2. The summed E-state index contributed by atoms with van der Waals surface area (Å²) in [5.74, 6) is 0.750. The Bertz CT molecular complexity index is 1850. The molecule has 0 N–H and O–H groups in total. The second-order valence-electron chi connectivity index (χ2n) is 9.06. The van der Waals surface area contributed by atoms with Crippen molar-refractivity contribution in [2.45, 2.75) is 0 Å². The fourth-order valence-electron chi connectivity index (χ4n) is 4.83. The van der Waals surface area contributed by atoms with Crippen LogP contribution in [0.2, 0.25) is 0 Å². The highest BCUT2D eigenvalue weighted by Gasteiger charge is 2.16. The summed E-state index contributed by atoms with van der Waals surface area (Å²) in [6, 6.07) is 46.7. The van der Waals surface area contributed by atoms with E-state index in [2.05, 4.69) is 121 Å². The van der Waals surface area contributed by atoms with Gasteiger partial charge in [-0.05, 0) is 34.4 Å². The number of thiophene rings is 1. The van der Waals surface area contributed by atoms with Crippen LogP contribution in [0.1, 0.15) is 0 Å². The molecular formula is C34H22N2S. The molecule has 0 unspecified atom stereocenters. The molecule has 0 amide bonds. The van der Waals surface area contributed by atoms with Crippen LogP contribution in [0.25, 0.3) is 65.2 Å². The molecule has 0 fully saturated rings. The van der Waals surface area contributed by atoms with Gasteiger partial charge in [0.25, 0.3) is 0 Å². The van der Waals surface area contributed by atoms with Gasteiger partial charge in [0.2, 0.25) is 0 Å². The fraction of sp³-hybridized carbons (Fsp3) is 0. The average Bonchev–Trinajstić information content (AvgIpc) is 3.36. The predicted molar refractivity (Wildman–Crippen MR) is 157 cm³/mol. The molecule has 0 aliphatic heterocycles. The fourth-order valence-corrected chi connectivity index (χ4v) is 5.99. The minimum atomic E-state index is 0.750. The molecular weight excluding hydrogens is 468 g/mol. The number of hydrogen-bond acceptors (Lipinski definition) is 3. The number of benzene rings is 5. The molecule has 2 nitrogen and oxygen atoms in total. The second kappa shape index (κ2) is 9.12. The van der Waals surface area contributed by atoms with E-state index in [4.69, 9.17) is 9.97 Å². The van der Waals surface area contributed by atoms with Gasteiger partial charge in [-0.2, -0.15) is 0 Å². The Hall–Kier alpha value is -4.60. The number of fused-ring (bicyclic) bond motifs is 3. The minimum Gasteiger partial charge on any atom is -0.226 e. The molecule has 7 aromatic rings. The van der Waals surface area contributed by atoms with E-state index in [1.54, 1.807) is 11.3 Å². The lowest BCUT2D eigenvalue weighted by Gasteiger charge is -2.09. The van der Waals surface area contributed by atoms with Crippen molar-refractivity contribution in [2.75, 3.05) is 0 Å². The third-order valence-corrected chi connectivity index (χ3v) is 7.88. The second-order valence-corrected chi connectivity index (χ2v) is 10.1. The van der Waals surface area contributed by atoms with E-state index < -0.39 is 0 Å². The van der Waals surface area contributed by atoms with Gasteiger partial charge in [-0.1, -0.05) is 121 Å². The van der Waals surface area contributed by atoms with Crippen molar-refractivity contribution >= 4 is 31.6 Å². The number of nitrogens with zero attached hydrogens (tertiary/aromatic N) is 2. The molecule has 7 rings (SSSR count). The molecule has 174 valence electrons. The van der Waals surface area contributed by atoms with E-state index in [1.165, 1.54) is 32.3 Å². The van der Waals surface area contributed by atoms with Gasteiger partial charge < -0.3 is 0 Å². The highest BCUT2D eigenvalue weighted by Crippen LogP contribution is 2.39. The van der Waals surface area contributed by atoms with Crippen molar-refractivity contribution in [2.24, 2.45) is 0 Å². The highest BCUT2D eigenvalue weighted by molar-refractivity contribution is 7.26. The van der Waals surface area contributed by atoms with Crippen molar-refractivity contribution < 1.29 is 0 Å². The number of rotatable bonds is 4. The van der Waals surface area contributed by atoms with Gasteiger partial charge in [0.15, 0.2) is 5.82 Å². The summed E-state index contributed by atoms with van der Waals surface area (Å²) < 4.78 is 2.36. The summed E-state index contributed by atoms with van der Waals surface area (Å²) in [5, 5.41) is 1.18. The zero-order valence-electron chi connectivity index (χ0n) is 20.0. The van der Waals surface area contributed by atoms with E-state index >= 15 is 0 Å². The monoisotopic (exact) mass is 490 g/mol. The lowest BCUT2D eigenvalue weighted by Crippen LogP contribution is -1.93. The third-order valence-electron chi connectivity index (χ3n) is 6.71. The average molecular weight is 491 g/mol. The summed E-state index contributed by atoms with van der Waals surface area (Å²) in [6.07, 6.45) is 0. The quantitative estimate of drug-likeness (QED) is 0.245. The molecule has 0 atom stereocenters. The van der Waals surface area contributed by atoms with E-state index in [0.29, 0.717) is 0 Å². The Morgan fingerprint density at radius 3 is 1.73 bits per heavy atom. The van der Waals surface area contributed by atoms with Crippen LogP contribution in [0.4, 0.5) is 0 Å². The molecule has 5 aromatic carbocycles. The predicted octanol–water partition coefficient (Wildman–Crippen LogP) is 9.51. The first kappa shape index (κ1) is 21.7. The first-order valence-electron chi connectivity index (χ1n) is 12.3. The molecule has 0 spiro atoms. The molecule has 37 heavy (non-hydrogen) atoms. The Labute approximate surface area is 219 Å². The molecule has 0 bridgehead atoms.